The van der Waals surface area contributed by atoms with E-state index >= 15 is 0 Å². The SMILES string of the molecule is CCc1nsc(N2CCN(C(=NC)NCC(C)N3CCc4ccccc4C3)CC2)n1.I. The van der Waals surface area contributed by atoms with Gasteiger partial charge < -0.3 is 15.1 Å². The van der Waals surface area contributed by atoms with Gasteiger partial charge >= 0.3 is 0 Å². The summed E-state index contributed by atoms with van der Waals surface area (Å²) in [7, 11) is 1.88. The number of hydrogen-bond acceptors (Lipinski definition) is 6. The number of nitrogens with zero attached hydrogens (tertiary/aromatic N) is 6. The van der Waals surface area contributed by atoms with Crippen LogP contribution in [0.15, 0.2) is 29.3 Å². The van der Waals surface area contributed by atoms with Crippen LogP contribution in [0.4, 0.5) is 5.13 Å². The zero-order chi connectivity index (χ0) is 20.9. The normalized spacial score (nSPS) is 18.4. The van der Waals surface area contributed by atoms with E-state index < -0.39 is 0 Å². The minimum absolute atomic E-state index is 0. The second-order valence-electron chi connectivity index (χ2n) is 8.09. The molecule has 2 aromatic rings. The molecule has 1 unspecified atom stereocenters. The summed E-state index contributed by atoms with van der Waals surface area (Å²) in [6, 6.07) is 9.29. The molecular weight excluding hydrogens is 521 g/mol. The van der Waals surface area contributed by atoms with Crippen LogP contribution in [0.5, 0.6) is 0 Å². The first kappa shape index (κ1) is 24.2. The van der Waals surface area contributed by atoms with Crippen LogP contribution in [0, 0.1) is 0 Å². The summed E-state index contributed by atoms with van der Waals surface area (Å²) in [6.07, 6.45) is 2.04. The van der Waals surface area contributed by atoms with Crippen molar-refractivity contribution in [2.45, 2.75) is 39.3 Å². The van der Waals surface area contributed by atoms with Crippen molar-refractivity contribution >= 4 is 46.6 Å². The van der Waals surface area contributed by atoms with Gasteiger partial charge in [-0.15, -0.1) is 24.0 Å². The Morgan fingerprint density at radius 3 is 2.58 bits per heavy atom. The van der Waals surface area contributed by atoms with Crippen molar-refractivity contribution in [3.8, 4) is 0 Å². The lowest BCUT2D eigenvalue weighted by molar-refractivity contribution is 0.190. The van der Waals surface area contributed by atoms with E-state index in [0.29, 0.717) is 6.04 Å². The number of piperazine rings is 1. The maximum absolute atomic E-state index is 4.63. The standard InChI is InChI=1S/C22H33N7S.HI/c1-4-20-25-22(30-26-20)28-13-11-27(12-14-28)21(23-3)24-15-17(2)29-10-9-18-7-5-6-8-19(18)16-29;/h5-8,17H,4,9-16H2,1-3H3,(H,23,24);1H. The van der Waals surface area contributed by atoms with Gasteiger partial charge in [0.1, 0.15) is 5.82 Å². The highest BCUT2D eigenvalue weighted by atomic mass is 127. The van der Waals surface area contributed by atoms with Crippen molar-refractivity contribution < 1.29 is 0 Å². The third-order valence-corrected chi connectivity index (χ3v) is 6.99. The van der Waals surface area contributed by atoms with E-state index in [4.69, 9.17) is 0 Å². The van der Waals surface area contributed by atoms with Crippen LogP contribution in [0.25, 0.3) is 0 Å². The Hall–Kier alpha value is -1.46. The van der Waals surface area contributed by atoms with E-state index in [1.807, 2.05) is 7.05 Å². The van der Waals surface area contributed by atoms with E-state index in [2.05, 4.69) is 72.5 Å². The minimum atomic E-state index is 0. The Morgan fingerprint density at radius 1 is 1.16 bits per heavy atom. The lowest BCUT2D eigenvalue weighted by Crippen LogP contribution is -2.54. The lowest BCUT2D eigenvalue weighted by Gasteiger charge is -2.37. The summed E-state index contributed by atoms with van der Waals surface area (Å²) in [5.74, 6) is 1.95. The fourth-order valence-electron chi connectivity index (χ4n) is 4.22. The van der Waals surface area contributed by atoms with Crippen LogP contribution < -0.4 is 10.2 Å². The molecule has 0 bridgehead atoms. The van der Waals surface area contributed by atoms with Gasteiger partial charge in [-0.2, -0.15) is 4.37 Å². The second-order valence-corrected chi connectivity index (χ2v) is 8.82. The Morgan fingerprint density at radius 2 is 1.90 bits per heavy atom. The van der Waals surface area contributed by atoms with Crippen molar-refractivity contribution in [3.63, 3.8) is 0 Å². The van der Waals surface area contributed by atoms with Gasteiger partial charge in [0.25, 0.3) is 0 Å². The van der Waals surface area contributed by atoms with E-state index in [9.17, 15) is 0 Å². The van der Waals surface area contributed by atoms with E-state index in [0.717, 1.165) is 75.6 Å². The molecule has 1 N–H and O–H groups in total. The molecule has 0 aliphatic carbocycles. The Labute approximate surface area is 207 Å². The van der Waals surface area contributed by atoms with Crippen molar-refractivity contribution in [1.29, 1.82) is 0 Å². The highest BCUT2D eigenvalue weighted by molar-refractivity contribution is 14.0. The summed E-state index contributed by atoms with van der Waals surface area (Å²) in [6.45, 7) is 11.3. The van der Waals surface area contributed by atoms with Crippen molar-refractivity contribution in [2.75, 3.05) is 51.2 Å². The van der Waals surface area contributed by atoms with Crippen LogP contribution in [-0.2, 0) is 19.4 Å². The predicted molar refractivity (Wildman–Crippen MR) is 140 cm³/mol. The van der Waals surface area contributed by atoms with Gasteiger partial charge in [0.15, 0.2) is 5.96 Å². The number of rotatable bonds is 5. The second kappa shape index (κ2) is 11.4. The molecule has 1 atom stereocenters. The summed E-state index contributed by atoms with van der Waals surface area (Å²) >= 11 is 1.52. The highest BCUT2D eigenvalue weighted by Gasteiger charge is 2.24. The average molecular weight is 556 g/mol. The zero-order valence-corrected chi connectivity index (χ0v) is 21.9. The fraction of sp³-hybridized carbons (Fsp3) is 0.591. The molecule has 0 spiro atoms. The number of hydrogen-bond donors (Lipinski definition) is 1. The Kier molecular flexibility index (Phi) is 8.91. The molecule has 1 aromatic carbocycles. The molecule has 31 heavy (non-hydrogen) atoms. The first-order chi connectivity index (χ1) is 14.7. The molecule has 1 saturated heterocycles. The van der Waals surface area contributed by atoms with Crippen molar-refractivity contribution in [3.05, 3.63) is 41.2 Å². The number of guanidine groups is 1. The summed E-state index contributed by atoms with van der Waals surface area (Å²) in [5, 5.41) is 4.67. The molecule has 1 fully saturated rings. The number of benzene rings is 1. The molecule has 4 rings (SSSR count). The quantitative estimate of drug-likeness (QED) is 0.348. The third-order valence-electron chi connectivity index (χ3n) is 6.17. The van der Waals surface area contributed by atoms with Gasteiger partial charge in [0, 0.05) is 76.9 Å². The van der Waals surface area contributed by atoms with Crippen LogP contribution >= 0.6 is 35.5 Å². The summed E-state index contributed by atoms with van der Waals surface area (Å²) in [5.41, 5.74) is 2.98. The third kappa shape index (κ3) is 5.87. The molecule has 7 nitrogen and oxygen atoms in total. The van der Waals surface area contributed by atoms with Gasteiger partial charge in [-0.1, -0.05) is 31.2 Å². The van der Waals surface area contributed by atoms with Gasteiger partial charge in [0.2, 0.25) is 5.13 Å². The van der Waals surface area contributed by atoms with Gasteiger partial charge in [-0.05, 0) is 24.5 Å². The monoisotopic (exact) mass is 555 g/mol. The van der Waals surface area contributed by atoms with Gasteiger partial charge in [-0.3, -0.25) is 9.89 Å². The zero-order valence-electron chi connectivity index (χ0n) is 18.8. The number of halogens is 1. The maximum atomic E-state index is 4.63. The van der Waals surface area contributed by atoms with E-state index in [1.165, 1.54) is 22.7 Å². The van der Waals surface area contributed by atoms with Gasteiger partial charge in [0.05, 0.1) is 0 Å². The molecule has 9 heteroatoms. The minimum Gasteiger partial charge on any atom is -0.355 e. The van der Waals surface area contributed by atoms with Crippen molar-refractivity contribution in [1.82, 2.24) is 24.5 Å². The van der Waals surface area contributed by atoms with Crippen molar-refractivity contribution in [2.24, 2.45) is 4.99 Å². The number of nitrogens with one attached hydrogen (secondary N) is 1. The molecular formula is C22H34IN7S. The lowest BCUT2D eigenvalue weighted by atomic mass is 9.99. The summed E-state index contributed by atoms with van der Waals surface area (Å²) < 4.78 is 4.42. The highest BCUT2D eigenvalue weighted by Crippen LogP contribution is 2.21. The first-order valence-corrected chi connectivity index (χ1v) is 11.8. The number of fused-ring (bicyclic) bond motifs is 1. The number of aliphatic imine (C=N–C) groups is 1. The Bertz CT molecular complexity index is 863. The molecule has 0 radical (unpaired) electrons. The molecule has 0 saturated carbocycles. The van der Waals surface area contributed by atoms with Gasteiger partial charge in [-0.25, -0.2) is 4.98 Å². The molecule has 2 aliphatic heterocycles. The van der Waals surface area contributed by atoms with Crippen LogP contribution in [0.2, 0.25) is 0 Å². The number of aryl methyl sites for hydroxylation is 1. The fourth-order valence-corrected chi connectivity index (χ4v) is 5.02. The Balaban J connectivity index is 0.00000272. The maximum Gasteiger partial charge on any atom is 0.205 e. The number of anilines is 1. The molecule has 3 heterocycles. The van der Waals surface area contributed by atoms with Crippen LogP contribution in [0.1, 0.15) is 30.8 Å². The van der Waals surface area contributed by atoms with E-state index in [1.54, 1.807) is 0 Å². The topological polar surface area (TPSA) is 59.9 Å². The number of aromatic nitrogens is 2. The molecule has 170 valence electrons. The summed E-state index contributed by atoms with van der Waals surface area (Å²) in [4.78, 5) is 16.5. The van der Waals surface area contributed by atoms with Crippen LogP contribution in [0.3, 0.4) is 0 Å². The van der Waals surface area contributed by atoms with Crippen LogP contribution in [-0.4, -0.2) is 77.5 Å². The molecule has 1 aromatic heterocycles. The smallest absolute Gasteiger partial charge is 0.205 e. The predicted octanol–water partition coefficient (Wildman–Crippen LogP) is 2.86. The average Bonchev–Trinajstić information content (AvgIpc) is 3.29. The first-order valence-electron chi connectivity index (χ1n) is 11.0. The molecule has 0 amide bonds. The largest absolute Gasteiger partial charge is 0.355 e. The molecule has 2 aliphatic rings. The van der Waals surface area contributed by atoms with E-state index in [-0.39, 0.29) is 24.0 Å².